The highest BCUT2D eigenvalue weighted by molar-refractivity contribution is 8.14. The Morgan fingerprint density at radius 2 is 1.59 bits per heavy atom. The maximum absolute atomic E-state index is 13.6. The van der Waals surface area contributed by atoms with Gasteiger partial charge in [0.1, 0.15) is 0 Å². The molecule has 1 aromatic rings. The van der Waals surface area contributed by atoms with Crippen molar-refractivity contribution >= 4 is 28.5 Å². The maximum Gasteiger partial charge on any atom is 0.418 e. The van der Waals surface area contributed by atoms with Gasteiger partial charge in [0.15, 0.2) is 0 Å². The van der Waals surface area contributed by atoms with Gasteiger partial charge in [0.25, 0.3) is 0 Å². The van der Waals surface area contributed by atoms with Crippen LogP contribution in [-0.2, 0) is 21.9 Å². The molecule has 0 bridgehead atoms. The molecule has 0 spiro atoms. The zero-order chi connectivity index (χ0) is 27.0. The van der Waals surface area contributed by atoms with E-state index in [2.05, 4.69) is 12.2 Å². The molecule has 2 unspecified atom stereocenters. The number of amides is 1. The van der Waals surface area contributed by atoms with Gasteiger partial charge in [-0.2, -0.15) is 26.3 Å². The number of anilines is 1. The predicted molar refractivity (Wildman–Crippen MR) is 128 cm³/mol. The fraction of sp³-hybridized carbons (Fsp3) is 0.630. The molecule has 5 rings (SSSR count). The molecule has 0 aromatic heterocycles. The number of thioether (sulfide) groups is 1. The van der Waals surface area contributed by atoms with E-state index in [0.717, 1.165) is 19.3 Å². The molecule has 1 aromatic carbocycles. The van der Waals surface area contributed by atoms with Gasteiger partial charge < -0.3 is 5.32 Å². The molecule has 3 nitrogen and oxygen atoms in total. The topological polar surface area (TPSA) is 46.2 Å². The van der Waals surface area contributed by atoms with Crippen LogP contribution in [0.25, 0.3) is 0 Å². The summed E-state index contributed by atoms with van der Waals surface area (Å²) in [5.41, 5.74) is -4.86. The molecule has 0 radical (unpaired) electrons. The summed E-state index contributed by atoms with van der Waals surface area (Å²) in [7, 11) is 0. The summed E-state index contributed by atoms with van der Waals surface area (Å²) in [6.45, 7) is 4.17. The second kappa shape index (κ2) is 8.78. The molecule has 202 valence electrons. The van der Waals surface area contributed by atoms with Crippen LogP contribution in [0.15, 0.2) is 30.4 Å². The molecule has 1 aliphatic heterocycles. The van der Waals surface area contributed by atoms with Gasteiger partial charge in [-0.05, 0) is 79.9 Å². The van der Waals surface area contributed by atoms with Crippen LogP contribution < -0.4 is 5.32 Å². The highest BCUT2D eigenvalue weighted by Crippen LogP contribution is 2.66. The van der Waals surface area contributed by atoms with Gasteiger partial charge in [-0.1, -0.05) is 37.8 Å². The average molecular weight is 546 g/mol. The van der Waals surface area contributed by atoms with Crippen molar-refractivity contribution in [2.75, 3.05) is 5.32 Å². The normalized spacial score (nSPS) is 37.5. The van der Waals surface area contributed by atoms with Gasteiger partial charge in [-0.15, -0.1) is 0 Å². The Morgan fingerprint density at radius 1 is 0.946 bits per heavy atom. The predicted octanol–water partition coefficient (Wildman–Crippen LogP) is 7.72. The fourth-order valence-corrected chi connectivity index (χ4v) is 9.19. The number of rotatable bonds is 2. The summed E-state index contributed by atoms with van der Waals surface area (Å²) in [5.74, 6) is -0.681. The first-order valence-electron chi connectivity index (χ1n) is 12.6. The van der Waals surface area contributed by atoms with Crippen LogP contribution in [0.4, 0.5) is 32.0 Å². The number of para-hydroxylation sites is 1. The molecule has 7 atom stereocenters. The first-order chi connectivity index (χ1) is 17.2. The van der Waals surface area contributed by atoms with Gasteiger partial charge in [-0.3, -0.25) is 9.59 Å². The molecule has 1 amide bonds. The quantitative estimate of drug-likeness (QED) is 0.387. The number of carbonyl (C=O) groups is 2. The number of allylic oxidation sites excluding steroid dienone is 1. The standard InChI is InChI=1S/C27H29F6NO2S/c1-24-12-10-16-14(6-9-20-25(16,2)13-11-21(35)37-20)15(24)7-8-19(24)23(36)34-22-17(26(28,29)30)4-3-5-18(22)27(31,32)33/h3-5,11,13-16,19-20H,6-10,12H2,1-2H3,(H,34,36)/t14-,15-,16+,19?,20?,24-,25+/m0/s1. The molecule has 3 saturated carbocycles. The number of hydrogen-bond acceptors (Lipinski definition) is 3. The first kappa shape index (κ1) is 26.6. The number of fused-ring (bicyclic) bond motifs is 5. The van der Waals surface area contributed by atoms with E-state index in [1.54, 1.807) is 6.08 Å². The lowest BCUT2D eigenvalue weighted by atomic mass is 9.49. The Labute approximate surface area is 215 Å². The van der Waals surface area contributed by atoms with Crippen LogP contribution in [0.3, 0.4) is 0 Å². The van der Waals surface area contributed by atoms with Crippen molar-refractivity contribution in [1.29, 1.82) is 0 Å². The summed E-state index contributed by atoms with van der Waals surface area (Å²) in [6.07, 6.45) is -2.03. The van der Waals surface area contributed by atoms with E-state index in [1.807, 2.05) is 13.0 Å². The third-order valence-electron chi connectivity index (χ3n) is 9.77. The van der Waals surface area contributed by atoms with Crippen molar-refractivity contribution in [1.82, 2.24) is 0 Å². The molecule has 1 heterocycles. The minimum atomic E-state index is -5.05. The zero-order valence-electron chi connectivity index (χ0n) is 20.5. The third-order valence-corrected chi connectivity index (χ3v) is 11.2. The van der Waals surface area contributed by atoms with Crippen LogP contribution in [0, 0.1) is 34.5 Å². The highest BCUT2D eigenvalue weighted by Gasteiger charge is 2.61. The second-order valence-corrected chi connectivity index (χ2v) is 12.7. The summed E-state index contributed by atoms with van der Waals surface area (Å²) in [6, 6.07) is 1.83. The molecule has 3 aliphatic carbocycles. The van der Waals surface area contributed by atoms with E-state index in [1.165, 1.54) is 11.8 Å². The average Bonchev–Trinajstić information content (AvgIpc) is 3.15. The van der Waals surface area contributed by atoms with E-state index in [9.17, 15) is 35.9 Å². The Bertz CT molecular complexity index is 1110. The number of benzene rings is 1. The van der Waals surface area contributed by atoms with Crippen molar-refractivity contribution < 1.29 is 35.9 Å². The van der Waals surface area contributed by atoms with Crippen LogP contribution in [0.5, 0.6) is 0 Å². The van der Waals surface area contributed by atoms with Crippen LogP contribution in [-0.4, -0.2) is 16.3 Å². The van der Waals surface area contributed by atoms with Gasteiger partial charge in [0.05, 0.1) is 16.8 Å². The Kier molecular flexibility index (Phi) is 6.32. The number of carbonyl (C=O) groups excluding carboxylic acids is 2. The molecule has 37 heavy (non-hydrogen) atoms. The lowest BCUT2D eigenvalue weighted by molar-refractivity contribution is -0.142. The van der Waals surface area contributed by atoms with Crippen molar-refractivity contribution in [2.45, 2.75) is 70.0 Å². The van der Waals surface area contributed by atoms with Crippen molar-refractivity contribution in [3.63, 3.8) is 0 Å². The summed E-state index contributed by atoms with van der Waals surface area (Å²) < 4.78 is 81.7. The molecule has 4 aliphatic rings. The number of halogens is 6. The van der Waals surface area contributed by atoms with Gasteiger partial charge in [-0.25, -0.2) is 0 Å². The lowest BCUT2D eigenvalue weighted by Gasteiger charge is -2.58. The largest absolute Gasteiger partial charge is 0.418 e. The van der Waals surface area contributed by atoms with Gasteiger partial charge in [0, 0.05) is 16.6 Å². The molecular weight excluding hydrogens is 516 g/mol. The molecule has 10 heteroatoms. The second-order valence-electron chi connectivity index (χ2n) is 11.5. The third kappa shape index (κ3) is 4.31. The van der Waals surface area contributed by atoms with Crippen LogP contribution in [0.2, 0.25) is 0 Å². The summed E-state index contributed by atoms with van der Waals surface area (Å²) in [5, 5.41) is 2.36. The summed E-state index contributed by atoms with van der Waals surface area (Å²) >= 11 is 1.39. The van der Waals surface area contributed by atoms with Crippen molar-refractivity contribution in [3.05, 3.63) is 41.5 Å². The minimum absolute atomic E-state index is 0.0662. The maximum atomic E-state index is 13.6. The number of nitrogens with one attached hydrogen (secondary N) is 1. The Morgan fingerprint density at radius 3 is 2.22 bits per heavy atom. The van der Waals surface area contributed by atoms with E-state index in [-0.39, 0.29) is 21.7 Å². The Hall–Kier alpha value is -1.97. The van der Waals surface area contributed by atoms with E-state index < -0.39 is 46.4 Å². The minimum Gasteiger partial charge on any atom is -0.325 e. The van der Waals surface area contributed by atoms with E-state index in [4.69, 9.17) is 0 Å². The first-order valence-corrected chi connectivity index (χ1v) is 13.5. The van der Waals surface area contributed by atoms with Crippen LogP contribution in [0.1, 0.15) is 63.5 Å². The molecule has 3 fully saturated rings. The smallest absolute Gasteiger partial charge is 0.325 e. The van der Waals surface area contributed by atoms with Crippen LogP contribution >= 0.6 is 11.8 Å². The van der Waals surface area contributed by atoms with Gasteiger partial charge >= 0.3 is 12.4 Å². The Balaban J connectivity index is 1.42. The van der Waals surface area contributed by atoms with E-state index >= 15 is 0 Å². The SMILES string of the molecule is C[C@]12C=CC(=O)SC1CC[C@@H]1[C@H]2CC[C@]2(C)C(C(=O)Nc3c(C(F)(F)F)cccc3C(F)(F)F)CC[C@@H]12. The number of alkyl halides is 6. The zero-order valence-corrected chi connectivity index (χ0v) is 21.3. The number of hydrogen-bond donors (Lipinski definition) is 1. The van der Waals surface area contributed by atoms with Crippen molar-refractivity contribution in [2.24, 2.45) is 34.5 Å². The lowest BCUT2D eigenvalue weighted by Crippen LogP contribution is -2.53. The summed E-state index contributed by atoms with van der Waals surface area (Å²) in [4.78, 5) is 25.4. The molecule has 1 N–H and O–H groups in total. The molecular formula is C27H29F6NO2S. The molecule has 0 saturated heterocycles. The highest BCUT2D eigenvalue weighted by atomic mass is 32.2. The van der Waals surface area contributed by atoms with Crippen molar-refractivity contribution in [3.8, 4) is 0 Å². The van der Waals surface area contributed by atoms with Gasteiger partial charge in [0.2, 0.25) is 11.0 Å². The monoisotopic (exact) mass is 545 g/mol. The van der Waals surface area contributed by atoms with E-state index in [0.29, 0.717) is 49.3 Å². The fourth-order valence-electron chi connectivity index (χ4n) is 8.00.